The molecule has 1 rings (SSSR count). The molecule has 0 atom stereocenters. The number of carbonyl (C=O) groups excluding carboxylic acids is 1. The van der Waals surface area contributed by atoms with Crippen LogP contribution in [0.25, 0.3) is 0 Å². The topological polar surface area (TPSA) is 76.2 Å². The predicted octanol–water partition coefficient (Wildman–Crippen LogP) is 0.684. The van der Waals surface area contributed by atoms with E-state index in [0.717, 1.165) is 18.1 Å². The molecular formula is C11H21N5O. The fourth-order valence-electron chi connectivity index (χ4n) is 1.52. The van der Waals surface area contributed by atoms with Crippen molar-refractivity contribution in [3.63, 3.8) is 0 Å². The van der Waals surface area contributed by atoms with E-state index in [1.54, 1.807) is 19.0 Å². The number of aryl methyl sites for hydroxylation is 2. The van der Waals surface area contributed by atoms with E-state index in [0.29, 0.717) is 18.7 Å². The van der Waals surface area contributed by atoms with Crippen molar-refractivity contribution < 1.29 is 4.79 Å². The Bertz CT molecular complexity index is 397. The lowest BCUT2D eigenvalue weighted by atomic mass is 10.3. The zero-order valence-electron chi connectivity index (χ0n) is 10.9. The summed E-state index contributed by atoms with van der Waals surface area (Å²) >= 11 is 0. The largest absolute Gasteiger partial charge is 0.394 e. The van der Waals surface area contributed by atoms with Crippen LogP contribution in [0.1, 0.15) is 19.0 Å². The van der Waals surface area contributed by atoms with E-state index >= 15 is 0 Å². The van der Waals surface area contributed by atoms with E-state index in [2.05, 4.69) is 10.4 Å². The van der Waals surface area contributed by atoms with E-state index in [1.165, 1.54) is 0 Å². The molecule has 1 aromatic heterocycles. The second-order valence-electron chi connectivity index (χ2n) is 4.13. The van der Waals surface area contributed by atoms with Gasteiger partial charge < -0.3 is 16.0 Å². The molecule has 0 saturated heterocycles. The molecule has 3 N–H and O–H groups in total. The Kier molecular flexibility index (Phi) is 4.37. The summed E-state index contributed by atoms with van der Waals surface area (Å²) in [6.45, 7) is 5.19. The number of rotatable bonds is 5. The van der Waals surface area contributed by atoms with Crippen molar-refractivity contribution in [2.45, 2.75) is 26.8 Å². The second kappa shape index (κ2) is 5.56. The van der Waals surface area contributed by atoms with Crippen molar-refractivity contribution in [2.24, 2.45) is 0 Å². The molecule has 0 saturated carbocycles. The first kappa shape index (κ1) is 13.3. The monoisotopic (exact) mass is 239 g/mol. The lowest BCUT2D eigenvalue weighted by molar-refractivity contribution is -0.128. The van der Waals surface area contributed by atoms with Crippen LogP contribution in [-0.2, 0) is 11.3 Å². The Morgan fingerprint density at radius 2 is 2.18 bits per heavy atom. The van der Waals surface area contributed by atoms with Crippen LogP contribution in [0.3, 0.4) is 0 Å². The highest BCUT2D eigenvalue weighted by Gasteiger charge is 2.11. The minimum absolute atomic E-state index is 0.0929. The molecule has 0 radical (unpaired) electrons. The fourth-order valence-corrected chi connectivity index (χ4v) is 1.52. The highest BCUT2D eigenvalue weighted by Crippen LogP contribution is 2.21. The minimum atomic E-state index is 0.0929. The Hall–Kier alpha value is -1.72. The molecule has 0 unspecified atom stereocenters. The molecule has 0 aliphatic rings. The van der Waals surface area contributed by atoms with Crippen molar-refractivity contribution in [3.8, 4) is 0 Å². The maximum atomic E-state index is 11.4. The van der Waals surface area contributed by atoms with Gasteiger partial charge in [-0.15, -0.1) is 0 Å². The predicted molar refractivity (Wildman–Crippen MR) is 68.9 cm³/mol. The number of nitrogens with zero attached hydrogens (tertiary/aromatic N) is 3. The fraction of sp³-hybridized carbons (Fsp3) is 0.636. The molecule has 1 aromatic rings. The van der Waals surface area contributed by atoms with Gasteiger partial charge in [-0.05, 0) is 13.8 Å². The molecule has 0 bridgehead atoms. The third-order valence-electron chi connectivity index (χ3n) is 2.60. The summed E-state index contributed by atoms with van der Waals surface area (Å²) in [6, 6.07) is 0. The highest BCUT2D eigenvalue weighted by atomic mass is 16.2. The quantitative estimate of drug-likeness (QED) is 0.792. The zero-order valence-corrected chi connectivity index (χ0v) is 10.9. The zero-order chi connectivity index (χ0) is 13.0. The van der Waals surface area contributed by atoms with Gasteiger partial charge in [0.05, 0.1) is 11.4 Å². The van der Waals surface area contributed by atoms with Crippen LogP contribution in [0.2, 0.25) is 0 Å². The Morgan fingerprint density at radius 3 is 2.71 bits per heavy atom. The molecule has 1 heterocycles. The van der Waals surface area contributed by atoms with Crippen LogP contribution in [0.5, 0.6) is 0 Å². The standard InChI is InChI=1S/C11H21N5O/c1-5-16-11(10(12)8(2)14-16)13-7-6-9(17)15(3)4/h13H,5-7,12H2,1-4H3. The Morgan fingerprint density at radius 1 is 1.53 bits per heavy atom. The molecule has 96 valence electrons. The van der Waals surface area contributed by atoms with Crippen LogP contribution in [0.4, 0.5) is 11.5 Å². The van der Waals surface area contributed by atoms with Gasteiger partial charge in [-0.2, -0.15) is 5.10 Å². The molecule has 0 aliphatic carbocycles. The molecule has 0 fully saturated rings. The summed E-state index contributed by atoms with van der Waals surface area (Å²) in [7, 11) is 3.49. The molecule has 6 nitrogen and oxygen atoms in total. The van der Waals surface area contributed by atoms with Gasteiger partial charge in [-0.3, -0.25) is 4.79 Å². The average Bonchev–Trinajstić information content (AvgIpc) is 2.56. The number of nitrogens with two attached hydrogens (primary N) is 1. The Balaban J connectivity index is 2.60. The van der Waals surface area contributed by atoms with Crippen LogP contribution in [0.15, 0.2) is 0 Å². The van der Waals surface area contributed by atoms with E-state index in [4.69, 9.17) is 5.73 Å². The third-order valence-corrected chi connectivity index (χ3v) is 2.60. The van der Waals surface area contributed by atoms with Gasteiger partial charge in [0.2, 0.25) is 5.91 Å². The first-order valence-electron chi connectivity index (χ1n) is 5.74. The first-order valence-corrected chi connectivity index (χ1v) is 5.74. The molecule has 0 aromatic carbocycles. The summed E-state index contributed by atoms with van der Waals surface area (Å²) < 4.78 is 1.81. The van der Waals surface area contributed by atoms with Gasteiger partial charge in [0, 0.05) is 33.6 Å². The summed E-state index contributed by atoms with van der Waals surface area (Å²) in [5, 5.41) is 7.46. The number of nitrogens with one attached hydrogen (secondary N) is 1. The smallest absolute Gasteiger partial charge is 0.223 e. The van der Waals surface area contributed by atoms with Crippen LogP contribution in [0, 0.1) is 6.92 Å². The molecule has 17 heavy (non-hydrogen) atoms. The van der Waals surface area contributed by atoms with Crippen molar-refractivity contribution >= 4 is 17.4 Å². The number of amides is 1. The maximum absolute atomic E-state index is 11.4. The maximum Gasteiger partial charge on any atom is 0.223 e. The number of carbonyl (C=O) groups is 1. The number of nitrogen functional groups attached to an aromatic ring is 1. The number of anilines is 2. The van der Waals surface area contributed by atoms with Gasteiger partial charge in [-0.25, -0.2) is 4.68 Å². The van der Waals surface area contributed by atoms with Crippen LogP contribution >= 0.6 is 0 Å². The highest BCUT2D eigenvalue weighted by molar-refractivity contribution is 5.76. The van der Waals surface area contributed by atoms with Crippen molar-refractivity contribution in [2.75, 3.05) is 31.7 Å². The summed E-state index contributed by atoms with van der Waals surface area (Å²) in [4.78, 5) is 13.0. The second-order valence-corrected chi connectivity index (χ2v) is 4.13. The first-order chi connectivity index (χ1) is 7.97. The number of aromatic nitrogens is 2. The normalized spacial score (nSPS) is 10.4. The van der Waals surface area contributed by atoms with E-state index in [1.807, 2.05) is 18.5 Å². The van der Waals surface area contributed by atoms with Gasteiger partial charge in [-0.1, -0.05) is 0 Å². The number of hydrogen-bond donors (Lipinski definition) is 2. The van der Waals surface area contributed by atoms with Gasteiger partial charge >= 0.3 is 0 Å². The van der Waals surface area contributed by atoms with E-state index in [9.17, 15) is 4.79 Å². The van der Waals surface area contributed by atoms with Gasteiger partial charge in [0.15, 0.2) is 0 Å². The Labute approximate surface area is 102 Å². The molecular weight excluding hydrogens is 218 g/mol. The SMILES string of the molecule is CCn1nc(C)c(N)c1NCCC(=O)N(C)C. The average molecular weight is 239 g/mol. The molecule has 1 amide bonds. The van der Waals surface area contributed by atoms with Gasteiger partial charge in [0.25, 0.3) is 0 Å². The molecule has 6 heteroatoms. The minimum Gasteiger partial charge on any atom is -0.394 e. The van der Waals surface area contributed by atoms with Crippen LogP contribution < -0.4 is 11.1 Å². The van der Waals surface area contributed by atoms with E-state index in [-0.39, 0.29) is 5.91 Å². The van der Waals surface area contributed by atoms with Gasteiger partial charge in [0.1, 0.15) is 5.82 Å². The van der Waals surface area contributed by atoms with E-state index < -0.39 is 0 Å². The van der Waals surface area contributed by atoms with Crippen molar-refractivity contribution in [1.82, 2.24) is 14.7 Å². The molecule has 0 spiro atoms. The lowest BCUT2D eigenvalue weighted by Crippen LogP contribution is -2.24. The van der Waals surface area contributed by atoms with Crippen molar-refractivity contribution in [1.29, 1.82) is 0 Å². The third kappa shape index (κ3) is 3.12. The van der Waals surface area contributed by atoms with Crippen molar-refractivity contribution in [3.05, 3.63) is 5.69 Å². The lowest BCUT2D eigenvalue weighted by Gasteiger charge is -2.12. The van der Waals surface area contributed by atoms with Crippen LogP contribution in [-0.4, -0.2) is 41.2 Å². The summed E-state index contributed by atoms with van der Waals surface area (Å²) in [5.41, 5.74) is 7.38. The molecule has 0 aliphatic heterocycles. The summed E-state index contributed by atoms with van der Waals surface area (Å²) in [6.07, 6.45) is 0.445. The summed E-state index contributed by atoms with van der Waals surface area (Å²) in [5.74, 6) is 0.895. The number of hydrogen-bond acceptors (Lipinski definition) is 4.